The van der Waals surface area contributed by atoms with Gasteiger partial charge < -0.3 is 14.9 Å². The van der Waals surface area contributed by atoms with Crippen LogP contribution in [0.3, 0.4) is 0 Å². The van der Waals surface area contributed by atoms with E-state index in [0.717, 1.165) is 16.5 Å². The third kappa shape index (κ3) is 2.58. The summed E-state index contributed by atoms with van der Waals surface area (Å²) in [4.78, 5) is 31.3. The fourth-order valence-corrected chi connectivity index (χ4v) is 5.40. The van der Waals surface area contributed by atoms with Crippen molar-refractivity contribution in [3.63, 3.8) is 0 Å². The molecule has 2 aromatic carbocycles. The molecule has 0 fully saturated rings. The van der Waals surface area contributed by atoms with Gasteiger partial charge in [0.2, 0.25) is 0 Å². The highest BCUT2D eigenvalue weighted by Crippen LogP contribution is 2.58. The standard InChI is InChI=1S/C28H23N3O5/c1-12-10-20(29-17-9-7-6-8-16(12)17)31-18-11-19-28(5,27(35)21(18)14(3)30-31)23-25(34)13(2)24(33)22(15(4)32)26(23)36-19/h6-11,33-34H,1-5H3/t28-/m0/s1. The summed E-state index contributed by atoms with van der Waals surface area (Å²) < 4.78 is 7.70. The van der Waals surface area contributed by atoms with Crippen LogP contribution >= 0.6 is 0 Å². The molecule has 0 saturated heterocycles. The molecule has 0 spiro atoms. The van der Waals surface area contributed by atoms with Gasteiger partial charge in [-0.15, -0.1) is 0 Å². The van der Waals surface area contributed by atoms with Gasteiger partial charge in [0, 0.05) is 17.0 Å². The summed E-state index contributed by atoms with van der Waals surface area (Å²) in [5.41, 5.74) is 2.08. The maximum Gasteiger partial charge on any atom is 0.185 e. The number of aromatic hydroxyl groups is 2. The number of phenolic OH excluding ortho intramolecular Hbond substituents is 2. The molecule has 2 aromatic heterocycles. The van der Waals surface area contributed by atoms with Crippen LogP contribution in [0.5, 0.6) is 17.2 Å². The van der Waals surface area contributed by atoms with Crippen molar-refractivity contribution in [2.45, 2.75) is 40.0 Å². The molecule has 1 atom stereocenters. The summed E-state index contributed by atoms with van der Waals surface area (Å²) in [5.74, 6) is -0.566. The molecule has 4 aromatic rings. The fraction of sp³-hybridized carbons (Fsp3) is 0.214. The Morgan fingerprint density at radius 3 is 2.56 bits per heavy atom. The second-order valence-electron chi connectivity index (χ2n) is 9.59. The second-order valence-corrected chi connectivity index (χ2v) is 9.59. The number of allylic oxidation sites excluding steroid dienone is 1. The summed E-state index contributed by atoms with van der Waals surface area (Å²) >= 11 is 0. The average Bonchev–Trinajstić information content (AvgIpc) is 3.32. The number of nitrogens with zero attached hydrogens (tertiary/aromatic N) is 3. The predicted octanol–water partition coefficient (Wildman–Crippen LogP) is 4.85. The van der Waals surface area contributed by atoms with Gasteiger partial charge in [-0.2, -0.15) is 5.10 Å². The summed E-state index contributed by atoms with van der Waals surface area (Å²) in [6.07, 6.45) is 1.71. The smallest absolute Gasteiger partial charge is 0.185 e. The lowest BCUT2D eigenvalue weighted by Gasteiger charge is -2.27. The minimum Gasteiger partial charge on any atom is -0.507 e. The molecule has 180 valence electrons. The molecule has 3 heterocycles. The zero-order valence-corrected chi connectivity index (χ0v) is 20.4. The van der Waals surface area contributed by atoms with Crippen LogP contribution in [-0.2, 0) is 5.41 Å². The summed E-state index contributed by atoms with van der Waals surface area (Å²) in [6.45, 7) is 8.21. The fourth-order valence-electron chi connectivity index (χ4n) is 5.40. The SMILES string of the molecule is CC(=O)c1c(O)c(C)c(O)c2c1OC1=Cc3c(c(C)nn3-c3cc(C)c4ccccc4n3)C(=O)[C@@]12C. The molecule has 1 aliphatic heterocycles. The van der Waals surface area contributed by atoms with Crippen LogP contribution < -0.4 is 4.74 Å². The number of hydrogen-bond donors (Lipinski definition) is 2. The summed E-state index contributed by atoms with van der Waals surface area (Å²) in [6, 6.07) is 9.71. The van der Waals surface area contributed by atoms with E-state index in [0.29, 0.717) is 22.8 Å². The lowest BCUT2D eigenvalue weighted by Crippen LogP contribution is -2.36. The second kappa shape index (κ2) is 7.04. The lowest BCUT2D eigenvalue weighted by molar-refractivity contribution is 0.0905. The number of phenols is 2. The van der Waals surface area contributed by atoms with Gasteiger partial charge in [-0.25, -0.2) is 9.67 Å². The number of ketones is 2. The minimum atomic E-state index is -1.39. The van der Waals surface area contributed by atoms with Gasteiger partial charge in [0.15, 0.2) is 17.4 Å². The number of hydrogen-bond acceptors (Lipinski definition) is 7. The van der Waals surface area contributed by atoms with E-state index in [-0.39, 0.29) is 45.5 Å². The molecule has 0 bridgehead atoms. The molecule has 1 aliphatic carbocycles. The average molecular weight is 482 g/mol. The number of carbonyl (C=O) groups is 2. The third-order valence-electron chi connectivity index (χ3n) is 7.37. The zero-order chi connectivity index (χ0) is 25.7. The van der Waals surface area contributed by atoms with Crippen molar-refractivity contribution in [3.8, 4) is 23.1 Å². The number of aryl methyl sites for hydroxylation is 2. The van der Waals surface area contributed by atoms with Gasteiger partial charge in [0.05, 0.1) is 28.0 Å². The van der Waals surface area contributed by atoms with E-state index < -0.39 is 11.2 Å². The van der Waals surface area contributed by atoms with Crippen LogP contribution in [0, 0.1) is 20.8 Å². The van der Waals surface area contributed by atoms with Crippen molar-refractivity contribution >= 4 is 28.5 Å². The Morgan fingerprint density at radius 1 is 1.11 bits per heavy atom. The minimum absolute atomic E-state index is 0.00666. The van der Waals surface area contributed by atoms with Crippen LogP contribution in [0.15, 0.2) is 36.1 Å². The Kier molecular flexibility index (Phi) is 4.31. The first kappa shape index (κ1) is 22.0. The van der Waals surface area contributed by atoms with Crippen LogP contribution in [0.25, 0.3) is 22.8 Å². The molecule has 8 nitrogen and oxygen atoms in total. The molecule has 2 N–H and O–H groups in total. The van der Waals surface area contributed by atoms with Gasteiger partial charge in [-0.05, 0) is 52.3 Å². The molecule has 0 amide bonds. The Bertz CT molecular complexity index is 1730. The topological polar surface area (TPSA) is 115 Å². The molecule has 0 radical (unpaired) electrons. The van der Waals surface area contributed by atoms with Gasteiger partial charge in [-0.1, -0.05) is 18.2 Å². The Hall–Kier alpha value is -4.46. The summed E-state index contributed by atoms with van der Waals surface area (Å²) in [5, 5.41) is 27.3. The Balaban J connectivity index is 1.62. The predicted molar refractivity (Wildman–Crippen MR) is 133 cm³/mol. The Labute approximate surface area is 206 Å². The number of fused-ring (bicyclic) bond motifs is 5. The monoisotopic (exact) mass is 481 g/mol. The number of pyridine rings is 1. The van der Waals surface area contributed by atoms with Crippen molar-refractivity contribution in [1.29, 1.82) is 0 Å². The van der Waals surface area contributed by atoms with E-state index in [2.05, 4.69) is 5.10 Å². The highest BCUT2D eigenvalue weighted by atomic mass is 16.5. The van der Waals surface area contributed by atoms with Crippen LogP contribution in [0.4, 0.5) is 0 Å². The van der Waals surface area contributed by atoms with Gasteiger partial charge in [0.1, 0.15) is 34.0 Å². The van der Waals surface area contributed by atoms with Crippen molar-refractivity contribution < 1.29 is 24.5 Å². The first-order valence-corrected chi connectivity index (χ1v) is 11.6. The van der Waals surface area contributed by atoms with Crippen molar-refractivity contribution in [3.05, 3.63) is 75.3 Å². The quantitative estimate of drug-likeness (QED) is 0.394. The molecular weight excluding hydrogens is 458 g/mol. The maximum atomic E-state index is 14.1. The lowest BCUT2D eigenvalue weighted by atomic mass is 9.71. The molecule has 2 aliphatic rings. The van der Waals surface area contributed by atoms with Gasteiger partial charge >= 0.3 is 0 Å². The largest absolute Gasteiger partial charge is 0.507 e. The van der Waals surface area contributed by atoms with Crippen molar-refractivity contribution in [2.75, 3.05) is 0 Å². The van der Waals surface area contributed by atoms with E-state index in [1.807, 2.05) is 37.3 Å². The highest BCUT2D eigenvalue weighted by molar-refractivity contribution is 6.14. The van der Waals surface area contributed by atoms with E-state index in [1.165, 1.54) is 13.8 Å². The molecule has 0 saturated carbocycles. The molecule has 36 heavy (non-hydrogen) atoms. The van der Waals surface area contributed by atoms with Crippen LogP contribution in [-0.4, -0.2) is 36.5 Å². The highest BCUT2D eigenvalue weighted by Gasteiger charge is 2.55. The molecule has 6 rings (SSSR count). The summed E-state index contributed by atoms with van der Waals surface area (Å²) in [7, 11) is 0. The van der Waals surface area contributed by atoms with E-state index >= 15 is 0 Å². The van der Waals surface area contributed by atoms with Crippen LogP contribution in [0.1, 0.15) is 62.6 Å². The number of aromatic nitrogens is 3. The maximum absolute atomic E-state index is 14.1. The molecule has 0 unspecified atom stereocenters. The third-order valence-corrected chi connectivity index (χ3v) is 7.37. The van der Waals surface area contributed by atoms with Gasteiger partial charge in [-0.3, -0.25) is 9.59 Å². The molecule has 8 heteroatoms. The number of benzene rings is 2. The normalized spacial score (nSPS) is 17.9. The first-order chi connectivity index (χ1) is 17.1. The van der Waals surface area contributed by atoms with Crippen LogP contribution in [0.2, 0.25) is 0 Å². The number of carbonyl (C=O) groups excluding carboxylic acids is 2. The van der Waals surface area contributed by atoms with E-state index in [4.69, 9.17) is 9.72 Å². The van der Waals surface area contributed by atoms with Gasteiger partial charge in [0.25, 0.3) is 0 Å². The zero-order valence-electron chi connectivity index (χ0n) is 20.4. The first-order valence-electron chi connectivity index (χ1n) is 11.6. The van der Waals surface area contributed by atoms with E-state index in [1.54, 1.807) is 24.6 Å². The number of Topliss-reactive ketones (excluding diaryl/α,β-unsaturated/α-hetero) is 2. The number of ether oxygens (including phenoxy) is 1. The van der Waals surface area contributed by atoms with Crippen molar-refractivity contribution in [2.24, 2.45) is 0 Å². The van der Waals surface area contributed by atoms with Crippen molar-refractivity contribution in [1.82, 2.24) is 14.8 Å². The Morgan fingerprint density at radius 2 is 1.83 bits per heavy atom. The number of rotatable bonds is 2. The molecular formula is C28H23N3O5. The van der Waals surface area contributed by atoms with E-state index in [9.17, 15) is 19.8 Å². The number of para-hydroxylation sites is 1.